The Balaban J connectivity index is 4.35. The lowest BCUT2D eigenvalue weighted by Crippen LogP contribution is -2.34. The maximum absolute atomic E-state index is 11.0. The molecule has 6 heteroatoms. The predicted octanol–water partition coefficient (Wildman–Crippen LogP) is -0.177. The van der Waals surface area contributed by atoms with Crippen LogP contribution in [0.15, 0.2) is 0 Å². The van der Waals surface area contributed by atoms with Crippen molar-refractivity contribution in [3.05, 3.63) is 10.1 Å². The van der Waals surface area contributed by atoms with Gasteiger partial charge in [-0.2, -0.15) is 0 Å². The van der Waals surface area contributed by atoms with Gasteiger partial charge in [0.25, 0.3) is 0 Å². The molecule has 0 aliphatic rings. The van der Waals surface area contributed by atoms with Crippen molar-refractivity contribution in [3.63, 3.8) is 0 Å². The maximum Gasteiger partial charge on any atom is 0.318 e. The van der Waals surface area contributed by atoms with Crippen LogP contribution in [0.2, 0.25) is 0 Å². The van der Waals surface area contributed by atoms with Crippen molar-refractivity contribution in [2.45, 2.75) is 19.4 Å². The van der Waals surface area contributed by atoms with Gasteiger partial charge in [0.1, 0.15) is 5.92 Å². The maximum atomic E-state index is 11.0. The number of nitro groups is 1. The van der Waals surface area contributed by atoms with E-state index in [9.17, 15) is 20.0 Å². The van der Waals surface area contributed by atoms with E-state index in [0.717, 1.165) is 7.11 Å². The first kappa shape index (κ1) is 11.8. The van der Waals surface area contributed by atoms with Gasteiger partial charge in [-0.3, -0.25) is 14.9 Å². The molecule has 0 bridgehead atoms. The van der Waals surface area contributed by atoms with Crippen molar-refractivity contribution in [1.82, 2.24) is 0 Å². The van der Waals surface area contributed by atoms with Gasteiger partial charge in [0.2, 0.25) is 6.54 Å². The zero-order valence-corrected chi connectivity index (χ0v) is 7.60. The zero-order valence-electron chi connectivity index (χ0n) is 7.60. The number of carbonyl (C=O) groups is 1. The molecule has 0 aromatic rings. The molecule has 76 valence electrons. The van der Waals surface area contributed by atoms with Gasteiger partial charge in [0.05, 0.1) is 13.2 Å². The van der Waals surface area contributed by atoms with Crippen LogP contribution >= 0.6 is 0 Å². The number of aliphatic hydroxyl groups is 1. The summed E-state index contributed by atoms with van der Waals surface area (Å²) < 4.78 is 4.33. The van der Waals surface area contributed by atoms with Crippen molar-refractivity contribution in [2.24, 2.45) is 5.92 Å². The fraction of sp³-hybridized carbons (Fsp3) is 0.857. The number of aliphatic hydroxyl groups excluding tert-OH is 1. The molecule has 0 aromatic carbocycles. The second-order valence-electron chi connectivity index (χ2n) is 2.62. The Bertz CT molecular complexity index is 193. The monoisotopic (exact) mass is 191 g/mol. The third-order valence-corrected chi connectivity index (χ3v) is 1.73. The Morgan fingerprint density at radius 3 is 2.54 bits per heavy atom. The molecule has 0 fully saturated rings. The van der Waals surface area contributed by atoms with Crippen LogP contribution in [-0.2, 0) is 9.53 Å². The Labute approximate surface area is 75.7 Å². The summed E-state index contributed by atoms with van der Waals surface area (Å²) in [5, 5.41) is 19.4. The van der Waals surface area contributed by atoms with Crippen LogP contribution in [0.5, 0.6) is 0 Å². The number of nitrogens with zero attached hydrogens (tertiary/aromatic N) is 1. The Hall–Kier alpha value is -1.17. The van der Waals surface area contributed by atoms with Crippen LogP contribution in [-0.4, -0.2) is 35.8 Å². The number of esters is 1. The van der Waals surface area contributed by atoms with Gasteiger partial charge in [-0.25, -0.2) is 0 Å². The number of carbonyl (C=O) groups excluding carboxylic acids is 1. The molecule has 0 spiro atoms. The van der Waals surface area contributed by atoms with Gasteiger partial charge in [0, 0.05) is 4.92 Å². The molecule has 0 aromatic heterocycles. The van der Waals surface area contributed by atoms with E-state index in [0.29, 0.717) is 0 Å². The number of hydrogen-bond acceptors (Lipinski definition) is 5. The number of methoxy groups -OCH3 is 1. The molecular weight excluding hydrogens is 178 g/mol. The quantitative estimate of drug-likeness (QED) is 0.370. The van der Waals surface area contributed by atoms with Crippen LogP contribution in [0.25, 0.3) is 0 Å². The summed E-state index contributed by atoms with van der Waals surface area (Å²) in [4.78, 5) is 20.5. The van der Waals surface area contributed by atoms with Crippen LogP contribution in [0.3, 0.4) is 0 Å². The van der Waals surface area contributed by atoms with Crippen LogP contribution in [0.4, 0.5) is 0 Å². The van der Waals surface area contributed by atoms with E-state index in [4.69, 9.17) is 0 Å². The lowest BCUT2D eigenvalue weighted by atomic mass is 10.0. The van der Waals surface area contributed by atoms with E-state index in [-0.39, 0.29) is 6.42 Å². The van der Waals surface area contributed by atoms with Gasteiger partial charge in [-0.05, 0) is 6.42 Å². The molecule has 2 atom stereocenters. The molecule has 0 saturated heterocycles. The summed E-state index contributed by atoms with van der Waals surface area (Å²) in [5.41, 5.74) is 0. The topological polar surface area (TPSA) is 89.7 Å². The molecule has 13 heavy (non-hydrogen) atoms. The molecule has 1 N–H and O–H groups in total. The normalized spacial score (nSPS) is 14.7. The average Bonchev–Trinajstić information content (AvgIpc) is 2.11. The highest BCUT2D eigenvalue weighted by atomic mass is 16.6. The summed E-state index contributed by atoms with van der Waals surface area (Å²) in [5.74, 6) is -1.81. The molecule has 6 nitrogen and oxygen atoms in total. The molecule has 0 amide bonds. The van der Waals surface area contributed by atoms with Crippen molar-refractivity contribution in [1.29, 1.82) is 0 Å². The second kappa shape index (κ2) is 5.47. The minimum atomic E-state index is -1.06. The van der Waals surface area contributed by atoms with Crippen molar-refractivity contribution >= 4 is 5.97 Å². The molecule has 0 rings (SSSR count). The highest BCUT2D eigenvalue weighted by molar-refractivity contribution is 5.73. The minimum absolute atomic E-state index is 0.285. The van der Waals surface area contributed by atoms with Crippen molar-refractivity contribution in [3.8, 4) is 0 Å². The lowest BCUT2D eigenvalue weighted by Gasteiger charge is -2.15. The first-order valence-corrected chi connectivity index (χ1v) is 3.90. The van der Waals surface area contributed by atoms with E-state index >= 15 is 0 Å². The number of ether oxygens (including phenoxy) is 1. The Morgan fingerprint density at radius 2 is 2.23 bits per heavy atom. The van der Waals surface area contributed by atoms with E-state index < -0.39 is 29.5 Å². The average molecular weight is 191 g/mol. The summed E-state index contributed by atoms with van der Waals surface area (Å²) >= 11 is 0. The van der Waals surface area contributed by atoms with Gasteiger partial charge < -0.3 is 9.84 Å². The first-order valence-electron chi connectivity index (χ1n) is 3.90. The van der Waals surface area contributed by atoms with Crippen molar-refractivity contribution in [2.75, 3.05) is 13.7 Å². The predicted molar refractivity (Wildman–Crippen MR) is 43.7 cm³/mol. The lowest BCUT2D eigenvalue weighted by molar-refractivity contribution is -0.488. The van der Waals surface area contributed by atoms with Crippen LogP contribution in [0.1, 0.15) is 13.3 Å². The smallest absolute Gasteiger partial charge is 0.318 e. The van der Waals surface area contributed by atoms with Gasteiger partial charge >= 0.3 is 5.97 Å². The van der Waals surface area contributed by atoms with Crippen LogP contribution in [0, 0.1) is 16.0 Å². The fourth-order valence-corrected chi connectivity index (χ4v) is 0.950. The Morgan fingerprint density at radius 1 is 1.69 bits per heavy atom. The molecule has 0 aliphatic heterocycles. The third-order valence-electron chi connectivity index (χ3n) is 1.73. The van der Waals surface area contributed by atoms with Crippen LogP contribution < -0.4 is 0 Å². The fourth-order valence-electron chi connectivity index (χ4n) is 0.950. The zero-order chi connectivity index (χ0) is 10.4. The number of hydrogen-bond donors (Lipinski definition) is 1. The summed E-state index contributed by atoms with van der Waals surface area (Å²) in [6.45, 7) is 1.04. The van der Waals surface area contributed by atoms with E-state index in [1.807, 2.05) is 0 Å². The molecular formula is C7H13NO5. The molecule has 0 saturated carbocycles. The van der Waals surface area contributed by atoms with E-state index in [2.05, 4.69) is 4.74 Å². The highest BCUT2D eigenvalue weighted by Crippen LogP contribution is 2.09. The third kappa shape index (κ3) is 3.84. The van der Waals surface area contributed by atoms with Crippen molar-refractivity contribution < 1.29 is 19.6 Å². The van der Waals surface area contributed by atoms with Gasteiger partial charge in [-0.15, -0.1) is 0 Å². The summed E-state index contributed by atoms with van der Waals surface area (Å²) in [7, 11) is 1.14. The highest BCUT2D eigenvalue weighted by Gasteiger charge is 2.31. The largest absolute Gasteiger partial charge is 0.469 e. The minimum Gasteiger partial charge on any atom is -0.469 e. The Kier molecular flexibility index (Phi) is 4.98. The molecule has 2 unspecified atom stereocenters. The van der Waals surface area contributed by atoms with E-state index in [1.54, 1.807) is 6.92 Å². The van der Waals surface area contributed by atoms with Gasteiger partial charge in [0.15, 0.2) is 0 Å². The molecule has 0 radical (unpaired) electrons. The summed E-state index contributed by atoms with van der Waals surface area (Å²) in [6.07, 6.45) is -0.731. The van der Waals surface area contributed by atoms with Gasteiger partial charge in [-0.1, -0.05) is 6.92 Å². The standard InChI is InChI=1S/C7H13NO5/c1-3-6(9)5(4-8(11)12)7(10)13-2/h5-6,9H,3-4H2,1-2H3. The summed E-state index contributed by atoms with van der Waals surface area (Å²) in [6, 6.07) is 0. The first-order chi connectivity index (χ1) is 6.02. The molecule has 0 heterocycles. The number of rotatable bonds is 5. The second-order valence-corrected chi connectivity index (χ2v) is 2.62. The molecule has 0 aliphatic carbocycles. The SMILES string of the molecule is CCC(O)C(C[N+](=O)[O-])C(=O)OC. The van der Waals surface area contributed by atoms with E-state index in [1.165, 1.54) is 0 Å².